The summed E-state index contributed by atoms with van der Waals surface area (Å²) < 4.78 is 0.850. The van der Waals surface area contributed by atoms with Crippen molar-refractivity contribution in [2.75, 3.05) is 13.6 Å². The molecule has 1 rings (SSSR count). The van der Waals surface area contributed by atoms with Gasteiger partial charge in [-0.15, -0.1) is 0 Å². The molecule has 1 aromatic carbocycles. The van der Waals surface area contributed by atoms with E-state index < -0.39 is 0 Å². The number of halogens is 1. The summed E-state index contributed by atoms with van der Waals surface area (Å²) in [4.78, 5) is 23.2. The SMILES string of the molecule is CN(CC=O)C(=O)c1cccc(Br)c1. The summed E-state index contributed by atoms with van der Waals surface area (Å²) in [5, 5.41) is 0. The zero-order valence-electron chi connectivity index (χ0n) is 7.74. The van der Waals surface area contributed by atoms with Crippen LogP contribution in [0.25, 0.3) is 0 Å². The fourth-order valence-electron chi connectivity index (χ4n) is 1.04. The number of aldehydes is 1. The van der Waals surface area contributed by atoms with Crippen molar-refractivity contribution >= 4 is 28.1 Å². The van der Waals surface area contributed by atoms with Crippen molar-refractivity contribution in [1.82, 2.24) is 4.90 Å². The molecular weight excluding hydrogens is 246 g/mol. The Balaban J connectivity index is 2.83. The van der Waals surface area contributed by atoms with E-state index >= 15 is 0 Å². The number of hydrogen-bond acceptors (Lipinski definition) is 2. The van der Waals surface area contributed by atoms with E-state index in [2.05, 4.69) is 15.9 Å². The van der Waals surface area contributed by atoms with E-state index in [1.165, 1.54) is 4.90 Å². The van der Waals surface area contributed by atoms with Gasteiger partial charge in [0.2, 0.25) is 0 Å². The molecular formula is C10H10BrNO2. The molecule has 74 valence electrons. The van der Waals surface area contributed by atoms with E-state index in [9.17, 15) is 9.59 Å². The third kappa shape index (κ3) is 2.67. The third-order valence-electron chi connectivity index (χ3n) is 1.77. The molecule has 0 saturated carbocycles. The minimum Gasteiger partial charge on any atom is -0.335 e. The van der Waals surface area contributed by atoms with Crippen molar-refractivity contribution < 1.29 is 9.59 Å². The topological polar surface area (TPSA) is 37.4 Å². The van der Waals surface area contributed by atoms with Crippen LogP contribution >= 0.6 is 15.9 Å². The first-order valence-electron chi connectivity index (χ1n) is 4.10. The van der Waals surface area contributed by atoms with Gasteiger partial charge in [0.05, 0.1) is 6.54 Å². The second-order valence-corrected chi connectivity index (χ2v) is 3.78. The summed E-state index contributed by atoms with van der Waals surface area (Å²) in [5.74, 6) is -0.154. The lowest BCUT2D eigenvalue weighted by atomic mass is 10.2. The average Bonchev–Trinajstić information content (AvgIpc) is 2.17. The zero-order chi connectivity index (χ0) is 10.6. The van der Waals surface area contributed by atoms with Gasteiger partial charge in [-0.1, -0.05) is 22.0 Å². The van der Waals surface area contributed by atoms with Crippen LogP contribution in [0.5, 0.6) is 0 Å². The van der Waals surface area contributed by atoms with E-state index in [1.54, 1.807) is 25.2 Å². The second kappa shape index (κ2) is 4.91. The highest BCUT2D eigenvalue weighted by Crippen LogP contribution is 2.12. The molecule has 0 aliphatic rings. The molecule has 4 heteroatoms. The minimum atomic E-state index is -0.154. The van der Waals surface area contributed by atoms with Crippen LogP contribution in [0.1, 0.15) is 10.4 Å². The van der Waals surface area contributed by atoms with Gasteiger partial charge in [0, 0.05) is 17.1 Å². The van der Waals surface area contributed by atoms with Gasteiger partial charge in [-0.25, -0.2) is 0 Å². The first-order valence-corrected chi connectivity index (χ1v) is 4.89. The molecule has 1 aromatic rings. The van der Waals surface area contributed by atoms with E-state index in [0.717, 1.165) is 4.47 Å². The first kappa shape index (κ1) is 10.9. The van der Waals surface area contributed by atoms with Gasteiger partial charge in [-0.2, -0.15) is 0 Å². The Bertz CT molecular complexity index is 352. The summed E-state index contributed by atoms with van der Waals surface area (Å²) in [6.07, 6.45) is 0.704. The molecule has 0 saturated heterocycles. The number of nitrogens with zero attached hydrogens (tertiary/aromatic N) is 1. The predicted molar refractivity (Wildman–Crippen MR) is 57.2 cm³/mol. The molecule has 0 spiro atoms. The number of rotatable bonds is 3. The summed E-state index contributed by atoms with van der Waals surface area (Å²) in [7, 11) is 1.59. The Morgan fingerprint density at radius 3 is 2.86 bits per heavy atom. The molecule has 0 heterocycles. The lowest BCUT2D eigenvalue weighted by Gasteiger charge is -2.13. The Hall–Kier alpha value is -1.16. The van der Waals surface area contributed by atoms with Crippen molar-refractivity contribution in [3.8, 4) is 0 Å². The van der Waals surface area contributed by atoms with Crippen LogP contribution in [0.4, 0.5) is 0 Å². The van der Waals surface area contributed by atoms with Gasteiger partial charge in [0.25, 0.3) is 5.91 Å². The first-order chi connectivity index (χ1) is 6.65. The van der Waals surface area contributed by atoms with Gasteiger partial charge >= 0.3 is 0 Å². The van der Waals surface area contributed by atoms with Crippen molar-refractivity contribution in [2.24, 2.45) is 0 Å². The number of benzene rings is 1. The predicted octanol–water partition coefficient (Wildman–Crippen LogP) is 1.72. The van der Waals surface area contributed by atoms with Crippen LogP contribution in [-0.2, 0) is 4.79 Å². The molecule has 0 radical (unpaired) electrons. The fourth-order valence-corrected chi connectivity index (χ4v) is 1.44. The molecule has 0 N–H and O–H groups in total. The van der Waals surface area contributed by atoms with Crippen molar-refractivity contribution in [2.45, 2.75) is 0 Å². The number of hydrogen-bond donors (Lipinski definition) is 0. The quantitative estimate of drug-likeness (QED) is 0.772. The molecule has 14 heavy (non-hydrogen) atoms. The number of carbonyl (C=O) groups excluding carboxylic acids is 2. The van der Waals surface area contributed by atoms with E-state index in [-0.39, 0.29) is 12.5 Å². The molecule has 0 aliphatic heterocycles. The number of likely N-dealkylation sites (N-methyl/N-ethyl adjacent to an activating group) is 1. The summed E-state index contributed by atoms with van der Waals surface area (Å²) in [6.45, 7) is 0.116. The molecule has 3 nitrogen and oxygen atoms in total. The molecule has 0 unspecified atom stereocenters. The Morgan fingerprint density at radius 1 is 1.57 bits per heavy atom. The maximum Gasteiger partial charge on any atom is 0.254 e. The highest BCUT2D eigenvalue weighted by molar-refractivity contribution is 9.10. The summed E-state index contributed by atoms with van der Waals surface area (Å²) >= 11 is 3.28. The van der Waals surface area contributed by atoms with Crippen molar-refractivity contribution in [1.29, 1.82) is 0 Å². The van der Waals surface area contributed by atoms with Gasteiger partial charge in [-0.05, 0) is 18.2 Å². The van der Waals surface area contributed by atoms with Crippen molar-refractivity contribution in [3.63, 3.8) is 0 Å². The standard InChI is InChI=1S/C10H10BrNO2/c1-12(5-6-13)10(14)8-3-2-4-9(11)7-8/h2-4,6-7H,5H2,1H3. The van der Waals surface area contributed by atoms with Gasteiger partial charge < -0.3 is 9.69 Å². The summed E-state index contributed by atoms with van der Waals surface area (Å²) in [5.41, 5.74) is 0.573. The Labute approximate surface area is 90.8 Å². The largest absolute Gasteiger partial charge is 0.335 e. The third-order valence-corrected chi connectivity index (χ3v) is 2.26. The van der Waals surface area contributed by atoms with E-state index in [0.29, 0.717) is 11.8 Å². The highest BCUT2D eigenvalue weighted by atomic mass is 79.9. The van der Waals surface area contributed by atoms with E-state index in [1.807, 2.05) is 6.07 Å². The number of amides is 1. The molecule has 0 fully saturated rings. The monoisotopic (exact) mass is 255 g/mol. The Morgan fingerprint density at radius 2 is 2.29 bits per heavy atom. The van der Waals surface area contributed by atoms with Gasteiger partial charge in [0.1, 0.15) is 6.29 Å². The highest BCUT2D eigenvalue weighted by Gasteiger charge is 2.10. The molecule has 0 atom stereocenters. The molecule has 0 aromatic heterocycles. The Kier molecular flexibility index (Phi) is 3.83. The van der Waals surface area contributed by atoms with Crippen LogP contribution in [-0.4, -0.2) is 30.7 Å². The molecule has 0 aliphatic carbocycles. The van der Waals surface area contributed by atoms with Crippen LogP contribution in [0.15, 0.2) is 28.7 Å². The zero-order valence-corrected chi connectivity index (χ0v) is 9.32. The average molecular weight is 256 g/mol. The maximum absolute atomic E-state index is 11.6. The molecule has 0 bridgehead atoms. The maximum atomic E-state index is 11.6. The number of carbonyl (C=O) groups is 2. The summed E-state index contributed by atoms with van der Waals surface area (Å²) in [6, 6.07) is 7.07. The van der Waals surface area contributed by atoms with Crippen molar-refractivity contribution in [3.05, 3.63) is 34.3 Å². The van der Waals surface area contributed by atoms with Crippen LogP contribution in [0.2, 0.25) is 0 Å². The molecule has 1 amide bonds. The van der Waals surface area contributed by atoms with Crippen LogP contribution in [0, 0.1) is 0 Å². The smallest absolute Gasteiger partial charge is 0.254 e. The second-order valence-electron chi connectivity index (χ2n) is 2.86. The van der Waals surface area contributed by atoms with Gasteiger partial charge in [0.15, 0.2) is 0 Å². The normalized spacial score (nSPS) is 9.57. The lowest BCUT2D eigenvalue weighted by molar-refractivity contribution is -0.108. The van der Waals surface area contributed by atoms with Gasteiger partial charge in [-0.3, -0.25) is 4.79 Å². The van der Waals surface area contributed by atoms with E-state index in [4.69, 9.17) is 0 Å². The van der Waals surface area contributed by atoms with Crippen LogP contribution < -0.4 is 0 Å². The van der Waals surface area contributed by atoms with Crippen LogP contribution in [0.3, 0.4) is 0 Å². The fraction of sp³-hybridized carbons (Fsp3) is 0.200. The lowest BCUT2D eigenvalue weighted by Crippen LogP contribution is -2.28. The minimum absolute atomic E-state index is 0.116.